The van der Waals surface area contributed by atoms with Crippen LogP contribution in [-0.2, 0) is 17.4 Å². The van der Waals surface area contributed by atoms with E-state index in [0.717, 1.165) is 23.7 Å². The highest BCUT2D eigenvalue weighted by atomic mass is 19.4. The van der Waals surface area contributed by atoms with Gasteiger partial charge in [-0.3, -0.25) is 9.59 Å². The average molecular weight is 419 g/mol. The fourth-order valence-corrected chi connectivity index (χ4v) is 3.62. The van der Waals surface area contributed by atoms with Crippen LogP contribution in [0.1, 0.15) is 41.8 Å². The lowest BCUT2D eigenvalue weighted by Gasteiger charge is -2.32. The van der Waals surface area contributed by atoms with Gasteiger partial charge in [0.15, 0.2) is 0 Å². The van der Waals surface area contributed by atoms with Crippen molar-refractivity contribution in [2.75, 3.05) is 23.3 Å². The van der Waals surface area contributed by atoms with Crippen molar-refractivity contribution in [3.63, 3.8) is 0 Å². The first-order valence-corrected chi connectivity index (χ1v) is 9.80. The Hall–Kier alpha value is -3.03. The monoisotopic (exact) mass is 419 g/mol. The number of carbonyl (C=O) groups is 2. The standard InChI is InChI=1S/C22H24F3N3O2/c1-14(2)26-21(30)16-7-5-11-19-15(16)8-6-12-28(19)13-20(29)27-18-10-4-3-9-17(18)22(23,24)25/h3-5,7,9-11,14H,6,8,12-13H2,1-2H3,(H,26,30)(H,27,29). The molecule has 0 fully saturated rings. The molecule has 1 aliphatic heterocycles. The predicted octanol–water partition coefficient (Wildman–Crippen LogP) is 4.23. The zero-order valence-electron chi connectivity index (χ0n) is 16.8. The Kier molecular flexibility index (Phi) is 6.34. The second-order valence-electron chi connectivity index (χ2n) is 7.55. The molecule has 0 saturated carbocycles. The summed E-state index contributed by atoms with van der Waals surface area (Å²) in [6.07, 6.45) is -3.11. The Bertz CT molecular complexity index is 941. The summed E-state index contributed by atoms with van der Waals surface area (Å²) in [4.78, 5) is 26.8. The number of alkyl halides is 3. The SMILES string of the molecule is CC(C)NC(=O)c1cccc2c1CCCN2CC(=O)Nc1ccccc1C(F)(F)F. The molecule has 0 atom stereocenters. The summed E-state index contributed by atoms with van der Waals surface area (Å²) in [6, 6.07) is 10.2. The van der Waals surface area contributed by atoms with Crippen LogP contribution in [0, 0.1) is 0 Å². The molecule has 0 aromatic heterocycles. The second kappa shape index (κ2) is 8.77. The Balaban J connectivity index is 1.79. The summed E-state index contributed by atoms with van der Waals surface area (Å²) in [5.41, 5.74) is 1.03. The van der Waals surface area contributed by atoms with Crippen molar-refractivity contribution in [1.29, 1.82) is 0 Å². The number of rotatable bonds is 5. The molecule has 2 N–H and O–H groups in total. The van der Waals surface area contributed by atoms with Gasteiger partial charge in [0.2, 0.25) is 5.91 Å². The first-order chi connectivity index (χ1) is 14.2. The first-order valence-electron chi connectivity index (χ1n) is 9.80. The van der Waals surface area contributed by atoms with Gasteiger partial charge in [0.05, 0.1) is 17.8 Å². The van der Waals surface area contributed by atoms with Gasteiger partial charge in [-0.1, -0.05) is 18.2 Å². The highest BCUT2D eigenvalue weighted by Gasteiger charge is 2.33. The zero-order chi connectivity index (χ0) is 21.9. The summed E-state index contributed by atoms with van der Waals surface area (Å²) in [7, 11) is 0. The fraction of sp³-hybridized carbons (Fsp3) is 0.364. The van der Waals surface area contributed by atoms with Gasteiger partial charge in [0.1, 0.15) is 0 Å². The van der Waals surface area contributed by atoms with Crippen molar-refractivity contribution in [1.82, 2.24) is 5.32 Å². The van der Waals surface area contributed by atoms with Gasteiger partial charge >= 0.3 is 6.18 Å². The number of hydrogen-bond donors (Lipinski definition) is 2. The van der Waals surface area contributed by atoms with Crippen LogP contribution in [0.3, 0.4) is 0 Å². The molecule has 0 aliphatic carbocycles. The van der Waals surface area contributed by atoms with Crippen LogP contribution in [0.4, 0.5) is 24.5 Å². The topological polar surface area (TPSA) is 61.4 Å². The normalized spacial score (nSPS) is 13.7. The lowest BCUT2D eigenvalue weighted by atomic mass is 9.95. The average Bonchev–Trinajstić information content (AvgIpc) is 2.66. The third-order valence-corrected chi connectivity index (χ3v) is 4.85. The van der Waals surface area contributed by atoms with Crippen molar-refractivity contribution >= 4 is 23.2 Å². The van der Waals surface area contributed by atoms with Crippen LogP contribution in [0.5, 0.6) is 0 Å². The summed E-state index contributed by atoms with van der Waals surface area (Å²) in [5, 5.41) is 5.25. The molecule has 1 aliphatic rings. The van der Waals surface area contributed by atoms with E-state index in [4.69, 9.17) is 0 Å². The number of para-hydroxylation sites is 1. The van der Waals surface area contributed by atoms with Crippen LogP contribution in [-0.4, -0.2) is 30.9 Å². The van der Waals surface area contributed by atoms with E-state index in [1.165, 1.54) is 18.2 Å². The number of carbonyl (C=O) groups excluding carboxylic acids is 2. The number of nitrogens with one attached hydrogen (secondary N) is 2. The van der Waals surface area contributed by atoms with E-state index in [9.17, 15) is 22.8 Å². The van der Waals surface area contributed by atoms with Crippen molar-refractivity contribution in [2.45, 2.75) is 38.9 Å². The van der Waals surface area contributed by atoms with Crippen molar-refractivity contribution < 1.29 is 22.8 Å². The highest BCUT2D eigenvalue weighted by Crippen LogP contribution is 2.35. The van der Waals surface area contributed by atoms with Gasteiger partial charge in [-0.2, -0.15) is 13.2 Å². The Morgan fingerprint density at radius 1 is 1.10 bits per heavy atom. The number of halogens is 3. The van der Waals surface area contributed by atoms with E-state index in [-0.39, 0.29) is 24.2 Å². The van der Waals surface area contributed by atoms with Gasteiger partial charge < -0.3 is 15.5 Å². The molecule has 2 aromatic carbocycles. The fourth-order valence-electron chi connectivity index (χ4n) is 3.62. The van der Waals surface area contributed by atoms with E-state index in [2.05, 4.69) is 10.6 Å². The number of benzene rings is 2. The molecule has 5 nitrogen and oxygen atoms in total. The van der Waals surface area contributed by atoms with Gasteiger partial charge in [-0.05, 0) is 56.5 Å². The lowest BCUT2D eigenvalue weighted by molar-refractivity contribution is -0.137. The molecular weight excluding hydrogens is 395 g/mol. The molecule has 2 amide bonds. The quantitative estimate of drug-likeness (QED) is 0.762. The number of anilines is 2. The highest BCUT2D eigenvalue weighted by molar-refractivity contribution is 5.98. The molecule has 0 bridgehead atoms. The van der Waals surface area contributed by atoms with E-state index < -0.39 is 17.6 Å². The van der Waals surface area contributed by atoms with Gasteiger partial charge in [0, 0.05) is 23.8 Å². The molecule has 3 rings (SSSR count). The molecule has 0 spiro atoms. The molecular formula is C22H24F3N3O2. The van der Waals surface area contributed by atoms with Gasteiger partial charge in [0.25, 0.3) is 5.91 Å². The van der Waals surface area contributed by atoms with E-state index >= 15 is 0 Å². The molecule has 2 aromatic rings. The third kappa shape index (κ3) is 4.93. The van der Waals surface area contributed by atoms with Crippen molar-refractivity contribution in [3.8, 4) is 0 Å². The van der Waals surface area contributed by atoms with Crippen molar-refractivity contribution in [2.24, 2.45) is 0 Å². The largest absolute Gasteiger partial charge is 0.418 e. The van der Waals surface area contributed by atoms with Crippen molar-refractivity contribution in [3.05, 3.63) is 59.2 Å². The molecule has 0 radical (unpaired) electrons. The number of fused-ring (bicyclic) bond motifs is 1. The Labute approximate surface area is 173 Å². The van der Waals surface area contributed by atoms with Crippen LogP contribution in [0.2, 0.25) is 0 Å². The second-order valence-corrected chi connectivity index (χ2v) is 7.55. The summed E-state index contributed by atoms with van der Waals surface area (Å²) in [6.45, 7) is 4.23. The van der Waals surface area contributed by atoms with Gasteiger partial charge in [-0.25, -0.2) is 0 Å². The van der Waals surface area contributed by atoms with Crippen LogP contribution in [0.15, 0.2) is 42.5 Å². The zero-order valence-corrected chi connectivity index (χ0v) is 16.8. The maximum atomic E-state index is 13.2. The third-order valence-electron chi connectivity index (χ3n) is 4.85. The molecule has 30 heavy (non-hydrogen) atoms. The van der Waals surface area contributed by atoms with E-state index in [1.807, 2.05) is 19.9 Å². The van der Waals surface area contributed by atoms with Crippen LogP contribution in [0.25, 0.3) is 0 Å². The number of nitrogens with zero attached hydrogens (tertiary/aromatic N) is 1. The number of hydrogen-bond acceptors (Lipinski definition) is 3. The first kappa shape index (κ1) is 21.7. The molecule has 1 heterocycles. The molecule has 8 heteroatoms. The summed E-state index contributed by atoms with van der Waals surface area (Å²) >= 11 is 0. The lowest BCUT2D eigenvalue weighted by Crippen LogP contribution is -2.38. The minimum absolute atomic E-state index is 0.00692. The molecule has 0 saturated heterocycles. The minimum Gasteiger partial charge on any atom is -0.362 e. The minimum atomic E-state index is -4.56. The Morgan fingerprint density at radius 3 is 2.53 bits per heavy atom. The summed E-state index contributed by atoms with van der Waals surface area (Å²) < 4.78 is 39.5. The number of amides is 2. The van der Waals surface area contributed by atoms with Crippen LogP contribution >= 0.6 is 0 Å². The summed E-state index contributed by atoms with van der Waals surface area (Å²) in [5.74, 6) is -0.719. The predicted molar refractivity (Wildman–Crippen MR) is 110 cm³/mol. The smallest absolute Gasteiger partial charge is 0.362 e. The maximum Gasteiger partial charge on any atom is 0.418 e. The molecule has 0 unspecified atom stereocenters. The maximum absolute atomic E-state index is 13.2. The van der Waals surface area contributed by atoms with E-state index in [1.54, 1.807) is 17.0 Å². The van der Waals surface area contributed by atoms with Gasteiger partial charge in [-0.15, -0.1) is 0 Å². The Morgan fingerprint density at radius 2 is 1.83 bits per heavy atom. The molecule has 160 valence electrons. The van der Waals surface area contributed by atoms with E-state index in [0.29, 0.717) is 18.5 Å². The van der Waals surface area contributed by atoms with Crippen LogP contribution < -0.4 is 15.5 Å².